The molecule has 2 rings (SSSR count). The van der Waals surface area contributed by atoms with Crippen LogP contribution in [0.15, 0.2) is 15.9 Å². The van der Waals surface area contributed by atoms with E-state index in [4.69, 9.17) is 0 Å². The third kappa shape index (κ3) is 3.06. The first kappa shape index (κ1) is 12.6. The van der Waals surface area contributed by atoms with Crippen molar-refractivity contribution in [2.24, 2.45) is 5.92 Å². The van der Waals surface area contributed by atoms with Crippen molar-refractivity contribution in [2.75, 3.05) is 6.54 Å². The average Bonchev–Trinajstić information content (AvgIpc) is 2.84. The van der Waals surface area contributed by atoms with E-state index in [9.17, 15) is 5.11 Å². The number of aliphatic hydroxyl groups is 1. The molecule has 16 heavy (non-hydrogen) atoms. The predicted octanol–water partition coefficient (Wildman–Crippen LogP) is 3.32. The fourth-order valence-corrected chi connectivity index (χ4v) is 4.03. The van der Waals surface area contributed by atoms with Crippen molar-refractivity contribution < 1.29 is 5.11 Å². The predicted molar refractivity (Wildman–Crippen MR) is 71.8 cm³/mol. The number of rotatable bonds is 4. The van der Waals surface area contributed by atoms with Crippen LogP contribution in [0.2, 0.25) is 0 Å². The van der Waals surface area contributed by atoms with Gasteiger partial charge >= 0.3 is 0 Å². The van der Waals surface area contributed by atoms with E-state index in [-0.39, 0.29) is 6.10 Å². The highest BCUT2D eigenvalue weighted by Crippen LogP contribution is 2.30. The van der Waals surface area contributed by atoms with E-state index < -0.39 is 0 Å². The number of aliphatic hydroxyl groups excluding tert-OH is 1. The lowest BCUT2D eigenvalue weighted by Gasteiger charge is -2.16. The number of thiophene rings is 1. The van der Waals surface area contributed by atoms with Gasteiger partial charge in [-0.15, -0.1) is 11.3 Å². The van der Waals surface area contributed by atoms with Crippen molar-refractivity contribution in [2.45, 2.75) is 38.3 Å². The Bertz CT molecular complexity index is 342. The summed E-state index contributed by atoms with van der Waals surface area (Å²) in [5.74, 6) is 0.649. The van der Waals surface area contributed by atoms with Gasteiger partial charge in [0.2, 0.25) is 0 Å². The second-order valence-corrected chi connectivity index (χ2v) is 6.40. The molecule has 0 radical (unpaired) electrons. The zero-order valence-electron chi connectivity index (χ0n) is 9.45. The van der Waals surface area contributed by atoms with Gasteiger partial charge in [-0.25, -0.2) is 0 Å². The van der Waals surface area contributed by atoms with Crippen LogP contribution in [-0.2, 0) is 0 Å². The molecule has 2 N–H and O–H groups in total. The number of hydrogen-bond acceptors (Lipinski definition) is 3. The minimum absolute atomic E-state index is 0.0596. The number of halogens is 1. The lowest BCUT2D eigenvalue weighted by atomic mass is 10.1. The molecule has 3 unspecified atom stereocenters. The summed E-state index contributed by atoms with van der Waals surface area (Å²) in [6.45, 7) is 3.21. The molecule has 90 valence electrons. The Hall–Kier alpha value is 0.100. The van der Waals surface area contributed by atoms with E-state index in [1.54, 1.807) is 11.3 Å². The topological polar surface area (TPSA) is 32.3 Å². The summed E-state index contributed by atoms with van der Waals surface area (Å²) in [4.78, 5) is 1.36. The molecular weight excluding hydrogens is 286 g/mol. The maximum absolute atomic E-state index is 9.46. The molecule has 1 heterocycles. The molecule has 1 aliphatic carbocycles. The Morgan fingerprint density at radius 3 is 3.00 bits per heavy atom. The fraction of sp³-hybridized carbons (Fsp3) is 0.667. The van der Waals surface area contributed by atoms with Crippen LogP contribution < -0.4 is 5.32 Å². The molecule has 2 nitrogen and oxygen atoms in total. The van der Waals surface area contributed by atoms with Crippen molar-refractivity contribution in [1.29, 1.82) is 0 Å². The van der Waals surface area contributed by atoms with Gasteiger partial charge in [-0.1, -0.05) is 0 Å². The third-order valence-corrected chi connectivity index (χ3v) is 5.32. The molecule has 1 saturated carbocycles. The van der Waals surface area contributed by atoms with Gasteiger partial charge in [0.15, 0.2) is 0 Å². The summed E-state index contributed by atoms with van der Waals surface area (Å²) in [5, 5.41) is 15.1. The normalized spacial score (nSPS) is 27.2. The quantitative estimate of drug-likeness (QED) is 0.894. The summed E-state index contributed by atoms with van der Waals surface area (Å²) in [6.07, 6.45) is 3.04. The smallest absolute Gasteiger partial charge is 0.0543 e. The van der Waals surface area contributed by atoms with Gasteiger partial charge in [-0.2, -0.15) is 0 Å². The van der Waals surface area contributed by atoms with Gasteiger partial charge < -0.3 is 10.4 Å². The Kier molecular flexibility index (Phi) is 4.41. The molecule has 0 aliphatic heterocycles. The van der Waals surface area contributed by atoms with Gasteiger partial charge in [0.05, 0.1) is 6.10 Å². The summed E-state index contributed by atoms with van der Waals surface area (Å²) in [6, 6.07) is 2.49. The van der Waals surface area contributed by atoms with E-state index in [1.165, 1.54) is 9.35 Å². The van der Waals surface area contributed by atoms with Gasteiger partial charge in [0, 0.05) is 15.4 Å². The van der Waals surface area contributed by atoms with Crippen molar-refractivity contribution in [3.63, 3.8) is 0 Å². The van der Waals surface area contributed by atoms with Crippen LogP contribution in [0.25, 0.3) is 0 Å². The highest BCUT2D eigenvalue weighted by atomic mass is 79.9. The van der Waals surface area contributed by atoms with E-state index in [1.807, 2.05) is 0 Å². The van der Waals surface area contributed by atoms with E-state index in [0.717, 1.165) is 25.8 Å². The Morgan fingerprint density at radius 1 is 1.62 bits per heavy atom. The van der Waals surface area contributed by atoms with Gasteiger partial charge in [-0.05, 0) is 66.0 Å². The van der Waals surface area contributed by atoms with Gasteiger partial charge in [0.1, 0.15) is 0 Å². The standard InChI is InChI=1S/C12H18BrNOS/c1-8(12-11(13)4-5-16-12)14-7-9-2-3-10(15)6-9/h4-5,8-10,14-15H,2-3,6-7H2,1H3. The molecule has 1 fully saturated rings. The number of hydrogen-bond donors (Lipinski definition) is 2. The molecule has 4 heteroatoms. The molecule has 0 aromatic carbocycles. The molecule has 1 aliphatic rings. The Labute approximate surface area is 109 Å². The molecule has 0 saturated heterocycles. The van der Waals surface area contributed by atoms with Crippen LogP contribution in [-0.4, -0.2) is 17.8 Å². The number of nitrogens with one attached hydrogen (secondary N) is 1. The first-order valence-electron chi connectivity index (χ1n) is 5.81. The van der Waals surface area contributed by atoms with Crippen molar-refractivity contribution >= 4 is 27.3 Å². The zero-order chi connectivity index (χ0) is 11.5. The van der Waals surface area contributed by atoms with Crippen molar-refractivity contribution in [3.05, 3.63) is 20.8 Å². The SMILES string of the molecule is CC(NCC1CCC(O)C1)c1sccc1Br. The highest BCUT2D eigenvalue weighted by molar-refractivity contribution is 9.10. The van der Waals surface area contributed by atoms with Crippen molar-refractivity contribution in [1.82, 2.24) is 5.32 Å². The van der Waals surface area contributed by atoms with Crippen LogP contribution in [0.4, 0.5) is 0 Å². The minimum Gasteiger partial charge on any atom is -0.393 e. The van der Waals surface area contributed by atoms with Crippen LogP contribution >= 0.6 is 27.3 Å². The fourth-order valence-electron chi connectivity index (χ4n) is 2.28. The minimum atomic E-state index is -0.0596. The van der Waals surface area contributed by atoms with Crippen LogP contribution in [0.5, 0.6) is 0 Å². The molecule has 1 aromatic rings. The molecular formula is C12H18BrNOS. The first-order valence-corrected chi connectivity index (χ1v) is 7.48. The molecule has 0 amide bonds. The van der Waals surface area contributed by atoms with Crippen LogP contribution in [0.1, 0.15) is 37.1 Å². The van der Waals surface area contributed by atoms with Gasteiger partial charge in [0.25, 0.3) is 0 Å². The molecule has 1 aromatic heterocycles. The Morgan fingerprint density at radius 2 is 2.44 bits per heavy atom. The largest absolute Gasteiger partial charge is 0.393 e. The van der Waals surface area contributed by atoms with Gasteiger partial charge in [-0.3, -0.25) is 0 Å². The third-order valence-electron chi connectivity index (χ3n) is 3.26. The summed E-state index contributed by atoms with van der Waals surface area (Å²) in [5.41, 5.74) is 0. The highest BCUT2D eigenvalue weighted by Gasteiger charge is 2.23. The van der Waals surface area contributed by atoms with Crippen LogP contribution in [0.3, 0.4) is 0 Å². The molecule has 0 spiro atoms. The maximum atomic E-state index is 9.46. The molecule has 3 atom stereocenters. The zero-order valence-corrected chi connectivity index (χ0v) is 11.9. The van der Waals surface area contributed by atoms with E-state index in [0.29, 0.717) is 12.0 Å². The summed E-state index contributed by atoms with van der Waals surface area (Å²) < 4.78 is 1.20. The lowest BCUT2D eigenvalue weighted by molar-refractivity contribution is 0.177. The van der Waals surface area contributed by atoms with Crippen molar-refractivity contribution in [3.8, 4) is 0 Å². The summed E-state index contributed by atoms with van der Waals surface area (Å²) in [7, 11) is 0. The molecule has 0 bridgehead atoms. The van der Waals surface area contributed by atoms with E-state index >= 15 is 0 Å². The summed E-state index contributed by atoms with van der Waals surface area (Å²) >= 11 is 5.34. The second-order valence-electron chi connectivity index (χ2n) is 4.60. The Balaban J connectivity index is 1.80. The first-order chi connectivity index (χ1) is 7.66. The maximum Gasteiger partial charge on any atom is 0.0543 e. The van der Waals surface area contributed by atoms with E-state index in [2.05, 4.69) is 39.6 Å². The lowest BCUT2D eigenvalue weighted by Crippen LogP contribution is -2.24. The average molecular weight is 304 g/mol. The van der Waals surface area contributed by atoms with Crippen LogP contribution in [0, 0.1) is 5.92 Å². The monoisotopic (exact) mass is 303 g/mol. The second kappa shape index (κ2) is 5.63.